The third-order valence-corrected chi connectivity index (χ3v) is 3.61. The van der Waals surface area contributed by atoms with Gasteiger partial charge in [-0.05, 0) is 11.1 Å². The molecule has 3 atom stereocenters. The van der Waals surface area contributed by atoms with Gasteiger partial charge in [-0.1, -0.05) is 24.3 Å². The molecule has 1 aromatic rings. The molecule has 5 nitrogen and oxygen atoms in total. The van der Waals surface area contributed by atoms with Crippen molar-refractivity contribution < 1.29 is 19.8 Å². The molecule has 88 valence electrons. The highest BCUT2D eigenvalue weighted by atomic mass is 16.4. The van der Waals surface area contributed by atoms with Crippen LogP contribution in [0.3, 0.4) is 0 Å². The molecule has 3 rings (SSSR count). The number of amides is 2. The zero-order valence-electron chi connectivity index (χ0n) is 8.91. The second-order valence-electron chi connectivity index (χ2n) is 4.43. The number of rotatable bonds is 0. The van der Waals surface area contributed by atoms with Gasteiger partial charge < -0.3 is 10.2 Å². The second kappa shape index (κ2) is 3.30. The van der Waals surface area contributed by atoms with Gasteiger partial charge in [0.15, 0.2) is 0 Å². The van der Waals surface area contributed by atoms with Crippen LogP contribution in [0.15, 0.2) is 24.3 Å². The van der Waals surface area contributed by atoms with Crippen LogP contribution in [0.5, 0.6) is 0 Å². The summed E-state index contributed by atoms with van der Waals surface area (Å²) in [4.78, 5) is 23.6. The van der Waals surface area contributed by atoms with Crippen LogP contribution in [0.1, 0.15) is 29.7 Å². The van der Waals surface area contributed by atoms with E-state index in [9.17, 15) is 14.7 Å². The Hall–Kier alpha value is -1.88. The monoisotopic (exact) mass is 233 g/mol. The maximum Gasteiger partial charge on any atom is 0.414 e. The first kappa shape index (κ1) is 10.3. The van der Waals surface area contributed by atoms with Gasteiger partial charge in [-0.15, -0.1) is 0 Å². The molecule has 2 aliphatic rings. The van der Waals surface area contributed by atoms with Crippen LogP contribution < -0.4 is 0 Å². The lowest BCUT2D eigenvalue weighted by Gasteiger charge is -2.19. The summed E-state index contributed by atoms with van der Waals surface area (Å²) in [5.41, 5.74) is 1.49. The maximum atomic E-state index is 11.6. The van der Waals surface area contributed by atoms with E-state index in [0.29, 0.717) is 0 Å². The van der Waals surface area contributed by atoms with Crippen LogP contribution in [0, 0.1) is 5.92 Å². The van der Waals surface area contributed by atoms with Gasteiger partial charge in [0, 0.05) is 12.3 Å². The summed E-state index contributed by atoms with van der Waals surface area (Å²) in [5.74, 6) is -0.767. The van der Waals surface area contributed by atoms with Gasteiger partial charge in [-0.2, -0.15) is 0 Å². The smallest absolute Gasteiger partial charge is 0.414 e. The summed E-state index contributed by atoms with van der Waals surface area (Å²) in [5, 5.41) is 19.2. The normalized spacial score (nSPS) is 30.3. The number of hydrogen-bond donors (Lipinski definition) is 2. The molecular formula is C12H11NO4. The molecule has 0 radical (unpaired) electrons. The van der Waals surface area contributed by atoms with Gasteiger partial charge in [0.1, 0.15) is 0 Å². The molecule has 1 heterocycles. The number of imide groups is 1. The average Bonchev–Trinajstić information content (AvgIpc) is 2.76. The van der Waals surface area contributed by atoms with E-state index in [1.807, 2.05) is 0 Å². The van der Waals surface area contributed by atoms with Crippen molar-refractivity contribution >= 4 is 12.0 Å². The fraction of sp³-hybridized carbons (Fsp3) is 0.333. The summed E-state index contributed by atoms with van der Waals surface area (Å²) < 4.78 is 0. The molecule has 0 saturated carbocycles. The zero-order chi connectivity index (χ0) is 12.2. The Kier molecular flexibility index (Phi) is 2.00. The fourth-order valence-electron chi connectivity index (χ4n) is 2.92. The molecule has 0 unspecified atom stereocenters. The molecule has 0 bridgehead atoms. The van der Waals surface area contributed by atoms with Crippen molar-refractivity contribution in [3.05, 3.63) is 35.4 Å². The quantitative estimate of drug-likeness (QED) is 0.708. The average molecular weight is 233 g/mol. The van der Waals surface area contributed by atoms with E-state index in [4.69, 9.17) is 5.11 Å². The molecule has 1 aromatic carbocycles. The third-order valence-electron chi connectivity index (χ3n) is 3.61. The standard InChI is InChI=1S/C12H11NO4/c14-9-5-8-10(13(9)12(16)17)6-3-1-2-4-7(6)11(8)15/h1-4,8,10-11,15H,5H2,(H,16,17)/t8-,10-,11+/m1/s1. The minimum absolute atomic E-state index is 0.0901. The molecule has 0 aromatic heterocycles. The molecule has 1 aliphatic carbocycles. The number of carbonyl (C=O) groups excluding carboxylic acids is 1. The SMILES string of the molecule is O=C(O)N1C(=O)C[C@@H]2[C@H]1c1ccccc1[C@@H]2O. The van der Waals surface area contributed by atoms with Crippen LogP contribution in [-0.2, 0) is 4.79 Å². The van der Waals surface area contributed by atoms with Crippen molar-refractivity contribution in [1.29, 1.82) is 0 Å². The van der Waals surface area contributed by atoms with Crippen molar-refractivity contribution in [1.82, 2.24) is 4.90 Å². The van der Waals surface area contributed by atoms with Crippen molar-refractivity contribution in [2.75, 3.05) is 0 Å². The van der Waals surface area contributed by atoms with E-state index in [2.05, 4.69) is 0 Å². The van der Waals surface area contributed by atoms with Gasteiger partial charge in [0.05, 0.1) is 12.1 Å². The lowest BCUT2D eigenvalue weighted by atomic mass is 10.00. The highest BCUT2D eigenvalue weighted by Gasteiger charge is 2.52. The largest absolute Gasteiger partial charge is 0.465 e. The number of hydrogen-bond acceptors (Lipinski definition) is 3. The van der Waals surface area contributed by atoms with Crippen molar-refractivity contribution in [3.8, 4) is 0 Å². The molecule has 1 fully saturated rings. The zero-order valence-corrected chi connectivity index (χ0v) is 8.91. The number of aliphatic hydroxyl groups is 1. The van der Waals surface area contributed by atoms with E-state index >= 15 is 0 Å². The maximum absolute atomic E-state index is 11.6. The van der Waals surface area contributed by atoms with Crippen LogP contribution in [0.25, 0.3) is 0 Å². The van der Waals surface area contributed by atoms with E-state index in [1.165, 1.54) is 0 Å². The first-order chi connectivity index (χ1) is 8.11. The lowest BCUT2D eigenvalue weighted by Crippen LogP contribution is -2.33. The second-order valence-corrected chi connectivity index (χ2v) is 4.43. The molecule has 17 heavy (non-hydrogen) atoms. The van der Waals surface area contributed by atoms with E-state index < -0.39 is 24.1 Å². The van der Waals surface area contributed by atoms with Crippen molar-refractivity contribution in [2.45, 2.75) is 18.6 Å². The molecule has 1 aliphatic heterocycles. The lowest BCUT2D eigenvalue weighted by molar-refractivity contribution is -0.127. The Labute approximate surface area is 97.3 Å². The van der Waals surface area contributed by atoms with Crippen LogP contribution >= 0.6 is 0 Å². The molecular weight excluding hydrogens is 222 g/mol. The van der Waals surface area contributed by atoms with Crippen molar-refractivity contribution in [2.24, 2.45) is 5.92 Å². The number of aliphatic hydroxyl groups excluding tert-OH is 1. The highest BCUT2D eigenvalue weighted by molar-refractivity contribution is 5.94. The number of carbonyl (C=O) groups is 2. The first-order valence-electron chi connectivity index (χ1n) is 5.43. The molecule has 5 heteroatoms. The fourth-order valence-corrected chi connectivity index (χ4v) is 2.92. The Bertz CT molecular complexity index is 513. The van der Waals surface area contributed by atoms with Crippen LogP contribution in [0.4, 0.5) is 4.79 Å². The van der Waals surface area contributed by atoms with Crippen LogP contribution in [0.2, 0.25) is 0 Å². The van der Waals surface area contributed by atoms with Crippen molar-refractivity contribution in [3.63, 3.8) is 0 Å². The molecule has 0 spiro atoms. The number of fused-ring (bicyclic) bond motifs is 3. The van der Waals surface area contributed by atoms with Gasteiger partial charge >= 0.3 is 6.09 Å². The number of benzene rings is 1. The molecule has 2 N–H and O–H groups in total. The predicted octanol–water partition coefficient (Wildman–Crippen LogP) is 1.30. The molecule has 1 saturated heterocycles. The number of carboxylic acid groups (broad SMARTS) is 1. The topological polar surface area (TPSA) is 77.8 Å². The minimum atomic E-state index is -1.24. The van der Waals surface area contributed by atoms with Gasteiger partial charge in [-0.3, -0.25) is 4.79 Å². The Morgan fingerprint density at radius 2 is 1.94 bits per heavy atom. The predicted molar refractivity (Wildman–Crippen MR) is 57.1 cm³/mol. The van der Waals surface area contributed by atoms with E-state index in [0.717, 1.165) is 16.0 Å². The number of nitrogens with zero attached hydrogens (tertiary/aromatic N) is 1. The van der Waals surface area contributed by atoms with Crippen LogP contribution in [-0.4, -0.2) is 27.1 Å². The van der Waals surface area contributed by atoms with E-state index in [-0.39, 0.29) is 12.3 Å². The molecule has 2 amide bonds. The van der Waals surface area contributed by atoms with E-state index in [1.54, 1.807) is 24.3 Å². The highest BCUT2D eigenvalue weighted by Crippen LogP contribution is 2.52. The minimum Gasteiger partial charge on any atom is -0.465 e. The summed E-state index contributed by atoms with van der Waals surface area (Å²) in [6.07, 6.45) is -1.90. The Balaban J connectivity index is 2.13. The summed E-state index contributed by atoms with van der Waals surface area (Å²) >= 11 is 0. The number of likely N-dealkylation sites (tertiary alicyclic amines) is 1. The van der Waals surface area contributed by atoms with Gasteiger partial charge in [0.25, 0.3) is 0 Å². The van der Waals surface area contributed by atoms with Gasteiger partial charge in [-0.25, -0.2) is 9.69 Å². The van der Waals surface area contributed by atoms with Gasteiger partial charge in [0.2, 0.25) is 5.91 Å². The summed E-state index contributed by atoms with van der Waals surface area (Å²) in [6, 6.07) is 6.62. The Morgan fingerprint density at radius 1 is 1.29 bits per heavy atom. The Morgan fingerprint density at radius 3 is 2.59 bits per heavy atom. The first-order valence-corrected chi connectivity index (χ1v) is 5.43. The summed E-state index contributed by atoms with van der Waals surface area (Å²) in [6.45, 7) is 0. The third kappa shape index (κ3) is 1.23. The summed E-state index contributed by atoms with van der Waals surface area (Å²) in [7, 11) is 0.